The number of carbonyl (C=O) groups excluding carboxylic acids is 2. The van der Waals surface area contributed by atoms with E-state index in [1.54, 1.807) is 0 Å². The van der Waals surface area contributed by atoms with Gasteiger partial charge in [-0.05, 0) is 19.8 Å². The topological polar surface area (TPSA) is 58.2 Å². The van der Waals surface area contributed by atoms with Crippen molar-refractivity contribution in [2.24, 2.45) is 0 Å². The lowest BCUT2D eigenvalue weighted by atomic mass is 10.1. The lowest BCUT2D eigenvalue weighted by Gasteiger charge is -2.24. The molecule has 0 spiro atoms. The van der Waals surface area contributed by atoms with Crippen LogP contribution in [0.1, 0.15) is 33.1 Å². The Morgan fingerprint density at radius 3 is 2.93 bits per heavy atom. The fourth-order valence-corrected chi connectivity index (χ4v) is 1.57. The minimum atomic E-state index is -0.237. The monoisotopic (exact) mass is 210 g/mol. The van der Waals surface area contributed by atoms with Crippen LogP contribution < -0.4 is 10.6 Å². The molecule has 4 heteroatoms. The predicted octanol–water partition coefficient (Wildman–Crippen LogP) is 0.736. The van der Waals surface area contributed by atoms with Gasteiger partial charge in [0.2, 0.25) is 11.8 Å². The van der Waals surface area contributed by atoms with E-state index in [0.717, 1.165) is 6.42 Å². The quantitative estimate of drug-likeness (QED) is 0.531. The smallest absolute Gasteiger partial charge is 0.243 e. The van der Waals surface area contributed by atoms with Crippen molar-refractivity contribution >= 4 is 11.8 Å². The van der Waals surface area contributed by atoms with Crippen molar-refractivity contribution in [1.29, 1.82) is 0 Å². The molecule has 4 nitrogen and oxygen atoms in total. The van der Waals surface area contributed by atoms with E-state index < -0.39 is 0 Å². The predicted molar refractivity (Wildman–Crippen MR) is 58.2 cm³/mol. The summed E-state index contributed by atoms with van der Waals surface area (Å²) in [5.74, 6) is -0.377. The summed E-state index contributed by atoms with van der Waals surface area (Å²) in [6, 6.07) is -0.0758. The van der Waals surface area contributed by atoms with E-state index in [-0.39, 0.29) is 23.9 Å². The van der Waals surface area contributed by atoms with E-state index in [0.29, 0.717) is 12.8 Å². The number of hydrogen-bond donors (Lipinski definition) is 2. The van der Waals surface area contributed by atoms with Crippen LogP contribution in [-0.4, -0.2) is 23.9 Å². The minimum absolute atomic E-state index is 0.161. The fourth-order valence-electron chi connectivity index (χ4n) is 1.57. The Hall–Kier alpha value is -1.16. The Morgan fingerprint density at radius 1 is 1.60 bits per heavy atom. The zero-order chi connectivity index (χ0) is 11.3. The molecule has 0 saturated carbocycles. The summed E-state index contributed by atoms with van der Waals surface area (Å²) in [7, 11) is 0. The molecule has 0 radical (unpaired) electrons. The molecule has 1 aliphatic heterocycles. The van der Waals surface area contributed by atoms with Gasteiger partial charge in [-0.3, -0.25) is 20.2 Å². The Labute approximate surface area is 90.1 Å². The van der Waals surface area contributed by atoms with Crippen molar-refractivity contribution in [3.8, 4) is 0 Å². The van der Waals surface area contributed by atoms with Gasteiger partial charge in [-0.25, -0.2) is 0 Å². The average Bonchev–Trinajstić information content (AvgIpc) is 2.19. The molecule has 2 unspecified atom stereocenters. The molecule has 1 fully saturated rings. The third kappa shape index (κ3) is 3.83. The van der Waals surface area contributed by atoms with Gasteiger partial charge in [-0.1, -0.05) is 19.1 Å². The average molecular weight is 210 g/mol. The van der Waals surface area contributed by atoms with Gasteiger partial charge in [0.25, 0.3) is 0 Å². The number of nitrogens with one attached hydrogen (secondary N) is 2. The highest BCUT2D eigenvalue weighted by atomic mass is 16.2. The highest BCUT2D eigenvalue weighted by Gasteiger charge is 2.26. The van der Waals surface area contributed by atoms with Crippen molar-refractivity contribution in [3.05, 3.63) is 12.2 Å². The molecule has 2 N–H and O–H groups in total. The first-order chi connectivity index (χ1) is 7.13. The molecule has 0 aromatic carbocycles. The third-order valence-electron chi connectivity index (χ3n) is 2.36. The van der Waals surface area contributed by atoms with E-state index in [1.807, 2.05) is 13.0 Å². The van der Waals surface area contributed by atoms with Crippen molar-refractivity contribution < 1.29 is 9.59 Å². The van der Waals surface area contributed by atoms with E-state index in [2.05, 4.69) is 23.6 Å². The number of amides is 2. The van der Waals surface area contributed by atoms with Crippen LogP contribution in [0, 0.1) is 0 Å². The van der Waals surface area contributed by atoms with Gasteiger partial charge in [-0.2, -0.15) is 0 Å². The molecule has 0 aromatic rings. The molecule has 0 aromatic heterocycles. The SMILES string of the molecule is CC/C=C\C(C)NC1CCC(=O)NC1=O. The Bertz CT molecular complexity index is 274. The van der Waals surface area contributed by atoms with Gasteiger partial charge >= 0.3 is 0 Å². The number of imide groups is 1. The second-order valence-corrected chi connectivity index (χ2v) is 3.80. The van der Waals surface area contributed by atoms with Crippen LogP contribution in [0.4, 0.5) is 0 Å². The highest BCUT2D eigenvalue weighted by molar-refractivity contribution is 6.00. The Morgan fingerprint density at radius 2 is 2.33 bits per heavy atom. The van der Waals surface area contributed by atoms with Gasteiger partial charge in [-0.15, -0.1) is 0 Å². The zero-order valence-electron chi connectivity index (χ0n) is 9.25. The summed E-state index contributed by atoms with van der Waals surface area (Å²) in [6.45, 7) is 4.06. The van der Waals surface area contributed by atoms with Gasteiger partial charge in [0, 0.05) is 12.5 Å². The second-order valence-electron chi connectivity index (χ2n) is 3.80. The Kier molecular flexibility index (Phi) is 4.49. The summed E-state index contributed by atoms with van der Waals surface area (Å²) in [4.78, 5) is 22.3. The first-order valence-corrected chi connectivity index (χ1v) is 5.40. The summed E-state index contributed by atoms with van der Waals surface area (Å²) < 4.78 is 0. The van der Waals surface area contributed by atoms with Crippen LogP contribution in [0.5, 0.6) is 0 Å². The molecular formula is C11H18N2O2. The fraction of sp³-hybridized carbons (Fsp3) is 0.636. The van der Waals surface area contributed by atoms with E-state index in [9.17, 15) is 9.59 Å². The second kappa shape index (κ2) is 5.66. The third-order valence-corrected chi connectivity index (χ3v) is 2.36. The number of piperidine rings is 1. The van der Waals surface area contributed by atoms with E-state index in [1.165, 1.54) is 0 Å². The molecule has 1 saturated heterocycles. The van der Waals surface area contributed by atoms with E-state index in [4.69, 9.17) is 0 Å². The van der Waals surface area contributed by atoms with Crippen molar-refractivity contribution in [2.45, 2.75) is 45.2 Å². The van der Waals surface area contributed by atoms with Crippen LogP contribution in [0.2, 0.25) is 0 Å². The molecule has 2 amide bonds. The summed E-state index contributed by atoms with van der Waals surface area (Å²) in [6.07, 6.45) is 6.09. The first kappa shape index (κ1) is 11.9. The van der Waals surface area contributed by atoms with Gasteiger partial charge < -0.3 is 0 Å². The van der Waals surface area contributed by atoms with Crippen molar-refractivity contribution in [1.82, 2.24) is 10.6 Å². The maximum atomic E-state index is 11.4. The Balaban J connectivity index is 2.41. The lowest BCUT2D eigenvalue weighted by Crippen LogP contribution is -2.52. The molecule has 1 heterocycles. The number of hydrogen-bond acceptors (Lipinski definition) is 3. The van der Waals surface area contributed by atoms with Gasteiger partial charge in [0.15, 0.2) is 0 Å². The summed E-state index contributed by atoms with van der Waals surface area (Å²) >= 11 is 0. The normalized spacial score (nSPS) is 24.3. The molecule has 1 aliphatic rings. The molecule has 84 valence electrons. The summed E-state index contributed by atoms with van der Waals surface area (Å²) in [5, 5.41) is 5.50. The molecule has 0 aliphatic carbocycles. The van der Waals surface area contributed by atoms with Crippen LogP contribution in [0.15, 0.2) is 12.2 Å². The maximum absolute atomic E-state index is 11.4. The molecule has 0 bridgehead atoms. The van der Waals surface area contributed by atoms with Crippen LogP contribution >= 0.6 is 0 Å². The first-order valence-electron chi connectivity index (χ1n) is 5.40. The van der Waals surface area contributed by atoms with Gasteiger partial charge in [0.05, 0.1) is 6.04 Å². The molecule has 15 heavy (non-hydrogen) atoms. The molecule has 2 atom stereocenters. The van der Waals surface area contributed by atoms with Gasteiger partial charge in [0.1, 0.15) is 0 Å². The number of carbonyl (C=O) groups is 2. The maximum Gasteiger partial charge on any atom is 0.243 e. The molecule has 1 rings (SSSR count). The molecular weight excluding hydrogens is 192 g/mol. The minimum Gasteiger partial charge on any atom is -0.300 e. The van der Waals surface area contributed by atoms with Crippen LogP contribution in [0.3, 0.4) is 0 Å². The van der Waals surface area contributed by atoms with Crippen LogP contribution in [0.25, 0.3) is 0 Å². The lowest BCUT2D eigenvalue weighted by molar-refractivity contribution is -0.134. The number of rotatable bonds is 4. The summed E-state index contributed by atoms with van der Waals surface area (Å²) in [5.41, 5.74) is 0. The van der Waals surface area contributed by atoms with E-state index >= 15 is 0 Å². The van der Waals surface area contributed by atoms with Crippen molar-refractivity contribution in [2.75, 3.05) is 0 Å². The van der Waals surface area contributed by atoms with Crippen molar-refractivity contribution in [3.63, 3.8) is 0 Å². The standard InChI is InChI=1S/C11H18N2O2/c1-3-4-5-8(2)12-9-6-7-10(14)13-11(9)15/h4-5,8-9,12H,3,6-7H2,1-2H3,(H,13,14,15)/b5-4-. The largest absolute Gasteiger partial charge is 0.300 e. The zero-order valence-corrected chi connectivity index (χ0v) is 9.25. The highest BCUT2D eigenvalue weighted by Crippen LogP contribution is 2.05. The van der Waals surface area contributed by atoms with Crippen LogP contribution in [-0.2, 0) is 9.59 Å². The number of allylic oxidation sites excluding steroid dienone is 1.